The summed E-state index contributed by atoms with van der Waals surface area (Å²) < 4.78 is 0.951. The number of nitrogens with zero attached hydrogens (tertiary/aromatic N) is 3. The van der Waals surface area contributed by atoms with Crippen molar-refractivity contribution in [2.45, 2.75) is 13.3 Å². The van der Waals surface area contributed by atoms with E-state index < -0.39 is 0 Å². The lowest BCUT2D eigenvalue weighted by molar-refractivity contribution is 0.0947. The quantitative estimate of drug-likeness (QED) is 0.709. The SMILES string of the molecule is Cc1ccc(Nc2cnc(C(=O)NCCCN(C)C)cn2)c(Br)c1. The van der Waals surface area contributed by atoms with E-state index in [9.17, 15) is 4.79 Å². The van der Waals surface area contributed by atoms with Gasteiger partial charge < -0.3 is 15.5 Å². The molecule has 0 aliphatic heterocycles. The Labute approximate surface area is 150 Å². The number of hydrogen-bond donors (Lipinski definition) is 2. The molecule has 0 fully saturated rings. The number of halogens is 1. The van der Waals surface area contributed by atoms with E-state index in [0.717, 1.165) is 23.1 Å². The number of aromatic nitrogens is 2. The highest BCUT2D eigenvalue weighted by molar-refractivity contribution is 9.10. The first-order chi connectivity index (χ1) is 11.5. The van der Waals surface area contributed by atoms with Crippen molar-refractivity contribution in [3.8, 4) is 0 Å². The lowest BCUT2D eigenvalue weighted by Crippen LogP contribution is -2.27. The van der Waals surface area contributed by atoms with Gasteiger partial charge in [0, 0.05) is 11.0 Å². The number of rotatable bonds is 7. The molecule has 1 heterocycles. The van der Waals surface area contributed by atoms with E-state index in [1.165, 1.54) is 11.8 Å². The molecule has 0 saturated heterocycles. The first-order valence-corrected chi connectivity index (χ1v) is 8.53. The molecule has 0 aliphatic carbocycles. The molecule has 128 valence electrons. The molecule has 0 bridgehead atoms. The highest BCUT2D eigenvalue weighted by Crippen LogP contribution is 2.25. The van der Waals surface area contributed by atoms with Crippen molar-refractivity contribution in [2.24, 2.45) is 0 Å². The number of nitrogens with one attached hydrogen (secondary N) is 2. The second-order valence-corrected chi connectivity index (χ2v) is 6.66. The molecule has 0 spiro atoms. The Balaban J connectivity index is 1.91. The standard InChI is InChI=1S/C17H22BrN5O/c1-12-5-6-14(13(18)9-12)22-16-11-20-15(10-21-16)17(24)19-7-4-8-23(2)3/h5-6,9-11H,4,7-8H2,1-3H3,(H,19,24)(H,21,22). The van der Waals surface area contributed by atoms with Crippen LogP contribution in [0.3, 0.4) is 0 Å². The van der Waals surface area contributed by atoms with Crippen molar-refractivity contribution in [3.63, 3.8) is 0 Å². The van der Waals surface area contributed by atoms with E-state index in [-0.39, 0.29) is 5.91 Å². The smallest absolute Gasteiger partial charge is 0.271 e. The summed E-state index contributed by atoms with van der Waals surface area (Å²) in [6, 6.07) is 5.99. The minimum Gasteiger partial charge on any atom is -0.351 e. The molecule has 1 aromatic carbocycles. The van der Waals surface area contributed by atoms with E-state index in [2.05, 4.69) is 41.4 Å². The van der Waals surface area contributed by atoms with Crippen LogP contribution in [0.2, 0.25) is 0 Å². The zero-order valence-electron chi connectivity index (χ0n) is 14.1. The van der Waals surface area contributed by atoms with Gasteiger partial charge in [0.2, 0.25) is 0 Å². The predicted octanol–water partition coefficient (Wildman–Crippen LogP) is 2.97. The van der Waals surface area contributed by atoms with Gasteiger partial charge in [0.05, 0.1) is 18.1 Å². The lowest BCUT2D eigenvalue weighted by atomic mass is 10.2. The number of benzene rings is 1. The molecule has 6 nitrogen and oxygen atoms in total. The van der Waals surface area contributed by atoms with Crippen LogP contribution in [0.5, 0.6) is 0 Å². The largest absolute Gasteiger partial charge is 0.351 e. The molecule has 2 aromatic rings. The molecule has 1 aromatic heterocycles. The molecule has 0 saturated carbocycles. The van der Waals surface area contributed by atoms with Crippen LogP contribution in [0, 0.1) is 6.92 Å². The number of anilines is 2. The van der Waals surface area contributed by atoms with Crippen molar-refractivity contribution in [1.82, 2.24) is 20.2 Å². The molecule has 0 aliphatic rings. The Morgan fingerprint density at radius 3 is 2.67 bits per heavy atom. The van der Waals surface area contributed by atoms with Crippen LogP contribution in [0.4, 0.5) is 11.5 Å². The Morgan fingerprint density at radius 2 is 2.04 bits per heavy atom. The maximum atomic E-state index is 12.0. The normalized spacial score (nSPS) is 10.7. The summed E-state index contributed by atoms with van der Waals surface area (Å²) in [5, 5.41) is 6.02. The summed E-state index contributed by atoms with van der Waals surface area (Å²) in [5.41, 5.74) is 2.38. The fraction of sp³-hybridized carbons (Fsp3) is 0.353. The Morgan fingerprint density at radius 1 is 1.25 bits per heavy atom. The average Bonchev–Trinajstić information content (AvgIpc) is 2.54. The van der Waals surface area contributed by atoms with Gasteiger partial charge in [-0.25, -0.2) is 9.97 Å². The van der Waals surface area contributed by atoms with Crippen LogP contribution in [-0.4, -0.2) is 48.0 Å². The Bertz CT molecular complexity index is 688. The third-order valence-electron chi connectivity index (χ3n) is 3.34. The number of carbonyl (C=O) groups excluding carboxylic acids is 1. The summed E-state index contributed by atoms with van der Waals surface area (Å²) in [6.45, 7) is 3.58. The van der Waals surface area contributed by atoms with Crippen molar-refractivity contribution in [2.75, 3.05) is 32.5 Å². The minimum atomic E-state index is -0.204. The number of carbonyl (C=O) groups is 1. The minimum absolute atomic E-state index is 0.204. The van der Waals surface area contributed by atoms with E-state index >= 15 is 0 Å². The molecular weight excluding hydrogens is 370 g/mol. The third kappa shape index (κ3) is 5.58. The first kappa shape index (κ1) is 18.4. The highest BCUT2D eigenvalue weighted by atomic mass is 79.9. The van der Waals surface area contributed by atoms with Crippen molar-refractivity contribution in [3.05, 3.63) is 46.3 Å². The summed E-state index contributed by atoms with van der Waals surface area (Å²) in [5.74, 6) is 0.382. The van der Waals surface area contributed by atoms with E-state index in [1.54, 1.807) is 6.20 Å². The molecule has 0 radical (unpaired) electrons. The van der Waals surface area contributed by atoms with Crippen LogP contribution < -0.4 is 10.6 Å². The lowest BCUT2D eigenvalue weighted by Gasteiger charge is -2.10. The zero-order chi connectivity index (χ0) is 17.5. The molecule has 2 rings (SSSR count). The van der Waals surface area contributed by atoms with Crippen LogP contribution in [-0.2, 0) is 0 Å². The Hall–Kier alpha value is -1.99. The van der Waals surface area contributed by atoms with Gasteiger partial charge in [-0.15, -0.1) is 0 Å². The van der Waals surface area contributed by atoms with E-state index in [1.807, 2.05) is 39.2 Å². The molecule has 7 heteroatoms. The van der Waals surface area contributed by atoms with Crippen LogP contribution in [0.15, 0.2) is 35.1 Å². The Kier molecular flexibility index (Phi) is 6.69. The fourth-order valence-corrected chi connectivity index (χ4v) is 2.65. The fourth-order valence-electron chi connectivity index (χ4n) is 2.06. The van der Waals surface area contributed by atoms with Gasteiger partial charge in [0.1, 0.15) is 11.5 Å². The maximum Gasteiger partial charge on any atom is 0.271 e. The van der Waals surface area contributed by atoms with Gasteiger partial charge in [0.25, 0.3) is 5.91 Å². The summed E-state index contributed by atoms with van der Waals surface area (Å²) in [6.07, 6.45) is 3.93. The second-order valence-electron chi connectivity index (χ2n) is 5.81. The van der Waals surface area contributed by atoms with Crippen molar-refractivity contribution in [1.29, 1.82) is 0 Å². The van der Waals surface area contributed by atoms with Gasteiger partial charge in [0.15, 0.2) is 0 Å². The second kappa shape index (κ2) is 8.75. The zero-order valence-corrected chi connectivity index (χ0v) is 15.7. The predicted molar refractivity (Wildman–Crippen MR) is 99.7 cm³/mol. The number of amides is 1. The molecular formula is C17H22BrN5O. The van der Waals surface area contributed by atoms with Gasteiger partial charge in [-0.3, -0.25) is 4.79 Å². The maximum absolute atomic E-state index is 12.0. The molecule has 24 heavy (non-hydrogen) atoms. The van der Waals surface area contributed by atoms with Crippen molar-refractivity contribution >= 4 is 33.3 Å². The summed E-state index contributed by atoms with van der Waals surface area (Å²) in [4.78, 5) is 22.5. The first-order valence-electron chi connectivity index (χ1n) is 7.74. The van der Waals surface area contributed by atoms with Crippen LogP contribution in [0.1, 0.15) is 22.5 Å². The van der Waals surface area contributed by atoms with Gasteiger partial charge in [-0.2, -0.15) is 0 Å². The van der Waals surface area contributed by atoms with Crippen molar-refractivity contribution < 1.29 is 4.79 Å². The number of aryl methyl sites for hydroxylation is 1. The topological polar surface area (TPSA) is 70.2 Å². The van der Waals surface area contributed by atoms with Gasteiger partial charge in [-0.1, -0.05) is 6.07 Å². The van der Waals surface area contributed by atoms with Gasteiger partial charge in [-0.05, 0) is 67.6 Å². The van der Waals surface area contributed by atoms with E-state index in [4.69, 9.17) is 0 Å². The third-order valence-corrected chi connectivity index (χ3v) is 4.00. The summed E-state index contributed by atoms with van der Waals surface area (Å²) >= 11 is 3.51. The summed E-state index contributed by atoms with van der Waals surface area (Å²) in [7, 11) is 4.01. The highest BCUT2D eigenvalue weighted by Gasteiger charge is 2.08. The van der Waals surface area contributed by atoms with Crippen LogP contribution >= 0.6 is 15.9 Å². The van der Waals surface area contributed by atoms with E-state index in [0.29, 0.717) is 18.1 Å². The van der Waals surface area contributed by atoms with Crippen LogP contribution in [0.25, 0.3) is 0 Å². The molecule has 0 atom stereocenters. The monoisotopic (exact) mass is 391 g/mol. The molecule has 2 N–H and O–H groups in total. The average molecular weight is 392 g/mol. The number of hydrogen-bond acceptors (Lipinski definition) is 5. The molecule has 0 unspecified atom stereocenters. The van der Waals surface area contributed by atoms with Gasteiger partial charge >= 0.3 is 0 Å². The molecule has 1 amide bonds.